The van der Waals surface area contributed by atoms with Gasteiger partial charge in [-0.1, -0.05) is 32.9 Å². The van der Waals surface area contributed by atoms with E-state index in [4.69, 9.17) is 4.74 Å². The molecule has 0 radical (unpaired) electrons. The lowest BCUT2D eigenvalue weighted by Crippen LogP contribution is -2.17. The average Bonchev–Trinajstić information content (AvgIpc) is 2.35. The van der Waals surface area contributed by atoms with Gasteiger partial charge in [0.1, 0.15) is 5.75 Å². The third kappa shape index (κ3) is 2.41. The van der Waals surface area contributed by atoms with E-state index in [9.17, 15) is 9.90 Å². The Morgan fingerprint density at radius 3 is 2.32 bits per heavy atom. The number of aromatic carboxylic acids is 1. The van der Waals surface area contributed by atoms with Crippen LogP contribution in [0.3, 0.4) is 0 Å². The topological polar surface area (TPSA) is 46.5 Å². The van der Waals surface area contributed by atoms with E-state index in [-0.39, 0.29) is 5.41 Å². The highest BCUT2D eigenvalue weighted by Gasteiger charge is 2.24. The molecule has 0 saturated carbocycles. The van der Waals surface area contributed by atoms with Crippen molar-refractivity contribution < 1.29 is 14.6 Å². The first-order valence-electron chi connectivity index (χ1n) is 6.19. The summed E-state index contributed by atoms with van der Waals surface area (Å²) in [4.78, 5) is 11.4. The molecule has 0 aliphatic carbocycles. The lowest BCUT2D eigenvalue weighted by atomic mass is 9.80. The predicted molar refractivity (Wildman–Crippen MR) is 76.2 cm³/mol. The second kappa shape index (κ2) is 4.57. The minimum Gasteiger partial charge on any atom is -0.497 e. The van der Waals surface area contributed by atoms with Crippen molar-refractivity contribution >= 4 is 16.7 Å². The molecule has 0 aliphatic rings. The van der Waals surface area contributed by atoms with Crippen LogP contribution in [0.2, 0.25) is 0 Å². The molecule has 2 aromatic rings. The summed E-state index contributed by atoms with van der Waals surface area (Å²) in [7, 11) is 1.61. The minimum absolute atomic E-state index is 0.250. The van der Waals surface area contributed by atoms with E-state index >= 15 is 0 Å². The number of hydrogen-bond acceptors (Lipinski definition) is 2. The fourth-order valence-corrected chi connectivity index (χ4v) is 2.41. The lowest BCUT2D eigenvalue weighted by Gasteiger charge is -2.24. The van der Waals surface area contributed by atoms with Crippen LogP contribution in [-0.2, 0) is 5.41 Å². The predicted octanol–water partition coefficient (Wildman–Crippen LogP) is 3.84. The van der Waals surface area contributed by atoms with Gasteiger partial charge in [0.2, 0.25) is 0 Å². The number of methoxy groups -OCH3 is 1. The number of carboxylic acids is 1. The third-order valence-electron chi connectivity index (χ3n) is 3.21. The molecule has 2 aromatic carbocycles. The zero-order valence-corrected chi connectivity index (χ0v) is 11.7. The van der Waals surface area contributed by atoms with Crippen LogP contribution in [0.1, 0.15) is 36.7 Å². The van der Waals surface area contributed by atoms with Gasteiger partial charge in [-0.2, -0.15) is 0 Å². The number of rotatable bonds is 2. The number of carboxylic acid groups (broad SMARTS) is 1. The number of ether oxygens (including phenoxy) is 1. The molecule has 0 fully saturated rings. The maximum absolute atomic E-state index is 11.4. The molecule has 0 aromatic heterocycles. The van der Waals surface area contributed by atoms with Crippen LogP contribution in [0.4, 0.5) is 0 Å². The van der Waals surface area contributed by atoms with Gasteiger partial charge in [-0.3, -0.25) is 0 Å². The van der Waals surface area contributed by atoms with E-state index in [0.29, 0.717) is 5.56 Å². The zero-order chi connectivity index (χ0) is 14.2. The molecule has 0 amide bonds. The van der Waals surface area contributed by atoms with Crippen LogP contribution in [-0.4, -0.2) is 18.2 Å². The van der Waals surface area contributed by atoms with Gasteiger partial charge in [-0.25, -0.2) is 4.79 Å². The van der Waals surface area contributed by atoms with Gasteiger partial charge in [0, 0.05) is 0 Å². The van der Waals surface area contributed by atoms with Gasteiger partial charge in [-0.15, -0.1) is 0 Å². The summed E-state index contributed by atoms with van der Waals surface area (Å²) >= 11 is 0. The first-order valence-corrected chi connectivity index (χ1v) is 6.19. The Hall–Kier alpha value is -2.03. The van der Waals surface area contributed by atoms with Crippen LogP contribution in [0.5, 0.6) is 5.75 Å². The Bertz CT molecular complexity index is 636. The van der Waals surface area contributed by atoms with Gasteiger partial charge < -0.3 is 9.84 Å². The molecule has 0 saturated heterocycles. The average molecular weight is 258 g/mol. The van der Waals surface area contributed by atoms with Gasteiger partial charge in [0.25, 0.3) is 0 Å². The Morgan fingerprint density at radius 2 is 1.79 bits per heavy atom. The second-order valence-electron chi connectivity index (χ2n) is 5.63. The standard InChI is InChI=1S/C16H18O3/c1-16(2,3)14-12(15(17)18)8-6-10-5-7-11(19-4)9-13(10)14/h5-9H,1-4H3,(H,17,18). The molecule has 0 spiro atoms. The molecule has 3 nitrogen and oxygen atoms in total. The molecule has 0 bridgehead atoms. The second-order valence-corrected chi connectivity index (χ2v) is 5.63. The maximum Gasteiger partial charge on any atom is 0.336 e. The van der Waals surface area contributed by atoms with E-state index in [2.05, 4.69) is 0 Å². The summed E-state index contributed by atoms with van der Waals surface area (Å²) in [5, 5.41) is 11.3. The highest BCUT2D eigenvalue weighted by atomic mass is 16.5. The summed E-state index contributed by atoms with van der Waals surface area (Å²) in [5.74, 6) is -0.157. The SMILES string of the molecule is COc1ccc2ccc(C(=O)O)c(C(C)(C)C)c2c1. The molecule has 1 N–H and O–H groups in total. The molecule has 0 aliphatic heterocycles. The fourth-order valence-electron chi connectivity index (χ4n) is 2.41. The molecule has 0 atom stereocenters. The van der Waals surface area contributed by atoms with Crippen molar-refractivity contribution in [2.45, 2.75) is 26.2 Å². The van der Waals surface area contributed by atoms with E-state index in [1.165, 1.54) is 0 Å². The highest BCUT2D eigenvalue weighted by molar-refractivity contribution is 5.99. The molecule has 100 valence electrons. The van der Waals surface area contributed by atoms with Crippen LogP contribution in [0.15, 0.2) is 30.3 Å². The van der Waals surface area contributed by atoms with Crippen molar-refractivity contribution in [3.8, 4) is 5.75 Å². The summed E-state index contributed by atoms with van der Waals surface area (Å²) < 4.78 is 5.24. The Morgan fingerprint density at radius 1 is 1.16 bits per heavy atom. The van der Waals surface area contributed by atoms with Crippen molar-refractivity contribution in [1.82, 2.24) is 0 Å². The van der Waals surface area contributed by atoms with E-state index < -0.39 is 5.97 Å². The Balaban J connectivity index is 2.89. The zero-order valence-electron chi connectivity index (χ0n) is 11.7. The Kier molecular flexibility index (Phi) is 3.23. The first-order chi connectivity index (χ1) is 8.84. The maximum atomic E-state index is 11.4. The van der Waals surface area contributed by atoms with Gasteiger partial charge >= 0.3 is 5.97 Å². The molecule has 19 heavy (non-hydrogen) atoms. The van der Waals surface area contributed by atoms with Crippen molar-refractivity contribution in [1.29, 1.82) is 0 Å². The highest BCUT2D eigenvalue weighted by Crippen LogP contribution is 2.35. The third-order valence-corrected chi connectivity index (χ3v) is 3.21. The minimum atomic E-state index is -0.894. The summed E-state index contributed by atoms with van der Waals surface area (Å²) in [6.45, 7) is 6.06. The number of hydrogen-bond donors (Lipinski definition) is 1. The summed E-state index contributed by atoms with van der Waals surface area (Å²) in [6, 6.07) is 9.26. The van der Waals surface area contributed by atoms with Gasteiger partial charge in [-0.05, 0) is 39.9 Å². The summed E-state index contributed by atoms with van der Waals surface area (Å²) in [5.41, 5.74) is 0.948. The quantitative estimate of drug-likeness (QED) is 0.890. The smallest absolute Gasteiger partial charge is 0.336 e. The molecule has 0 heterocycles. The monoisotopic (exact) mass is 258 g/mol. The van der Waals surface area contributed by atoms with Crippen LogP contribution >= 0.6 is 0 Å². The van der Waals surface area contributed by atoms with Crippen molar-refractivity contribution in [2.75, 3.05) is 7.11 Å². The van der Waals surface area contributed by atoms with E-state index in [1.54, 1.807) is 13.2 Å². The van der Waals surface area contributed by atoms with Gasteiger partial charge in [0.05, 0.1) is 12.7 Å². The molecule has 2 rings (SSSR count). The van der Waals surface area contributed by atoms with Crippen LogP contribution in [0, 0.1) is 0 Å². The first kappa shape index (κ1) is 13.4. The van der Waals surface area contributed by atoms with Crippen LogP contribution in [0.25, 0.3) is 10.8 Å². The van der Waals surface area contributed by atoms with Crippen LogP contribution < -0.4 is 4.74 Å². The largest absolute Gasteiger partial charge is 0.497 e. The Labute approximate surface area is 112 Å². The molecular weight excluding hydrogens is 240 g/mol. The van der Waals surface area contributed by atoms with Crippen molar-refractivity contribution in [3.63, 3.8) is 0 Å². The van der Waals surface area contributed by atoms with E-state index in [1.807, 2.05) is 45.0 Å². The van der Waals surface area contributed by atoms with Crippen molar-refractivity contribution in [2.24, 2.45) is 0 Å². The summed E-state index contributed by atoms with van der Waals surface area (Å²) in [6.07, 6.45) is 0. The fraction of sp³-hybridized carbons (Fsp3) is 0.312. The lowest BCUT2D eigenvalue weighted by molar-refractivity contribution is 0.0694. The number of carbonyl (C=O) groups is 1. The van der Waals surface area contributed by atoms with Crippen molar-refractivity contribution in [3.05, 3.63) is 41.5 Å². The molecule has 0 unspecified atom stereocenters. The molecular formula is C16H18O3. The normalized spacial score (nSPS) is 11.6. The van der Waals surface area contributed by atoms with Gasteiger partial charge in [0.15, 0.2) is 0 Å². The number of fused-ring (bicyclic) bond motifs is 1. The molecule has 3 heteroatoms. The number of benzene rings is 2. The van der Waals surface area contributed by atoms with E-state index in [0.717, 1.165) is 22.1 Å².